The Balaban J connectivity index is 2.08. The van der Waals surface area contributed by atoms with Crippen LogP contribution in [-0.2, 0) is 6.42 Å². The van der Waals surface area contributed by atoms with Crippen LogP contribution in [0.15, 0.2) is 24.3 Å². The average molecular weight is 292 g/mol. The molecule has 1 aromatic rings. The van der Waals surface area contributed by atoms with E-state index < -0.39 is 5.97 Å². The Morgan fingerprint density at radius 2 is 1.57 bits per heavy atom. The van der Waals surface area contributed by atoms with Crippen LogP contribution in [0.1, 0.15) is 74.2 Å². The van der Waals surface area contributed by atoms with E-state index in [1.54, 1.807) is 12.1 Å². The molecule has 3 nitrogen and oxygen atoms in total. The van der Waals surface area contributed by atoms with Gasteiger partial charge in [-0.25, -0.2) is 4.79 Å². The number of benzene rings is 1. The van der Waals surface area contributed by atoms with Crippen LogP contribution in [0.2, 0.25) is 0 Å². The third kappa shape index (κ3) is 7.86. The smallest absolute Gasteiger partial charge is 0.335 e. The van der Waals surface area contributed by atoms with E-state index >= 15 is 0 Å². The molecule has 2 N–H and O–H groups in total. The van der Waals surface area contributed by atoms with Crippen molar-refractivity contribution in [1.29, 1.82) is 0 Å². The van der Waals surface area contributed by atoms with Crippen molar-refractivity contribution < 1.29 is 15.0 Å². The minimum atomic E-state index is -0.830. The van der Waals surface area contributed by atoms with Gasteiger partial charge in [0.15, 0.2) is 0 Å². The lowest BCUT2D eigenvalue weighted by atomic mass is 10.00. The van der Waals surface area contributed by atoms with Crippen LogP contribution in [0.4, 0.5) is 0 Å². The van der Waals surface area contributed by atoms with Gasteiger partial charge in [-0.1, -0.05) is 56.7 Å². The van der Waals surface area contributed by atoms with Gasteiger partial charge < -0.3 is 10.2 Å². The van der Waals surface area contributed by atoms with Gasteiger partial charge in [-0.05, 0) is 37.8 Å². The van der Waals surface area contributed by atoms with Crippen molar-refractivity contribution in [3.63, 3.8) is 0 Å². The van der Waals surface area contributed by atoms with E-state index in [9.17, 15) is 4.79 Å². The number of carboxylic acid groups (broad SMARTS) is 1. The maximum absolute atomic E-state index is 11.1. The number of carboxylic acids is 1. The largest absolute Gasteiger partial charge is 0.478 e. The number of aromatic carboxylic acids is 1. The summed E-state index contributed by atoms with van der Waals surface area (Å²) in [6, 6.07) is 7.28. The Labute approximate surface area is 128 Å². The normalized spacial score (nSPS) is 12.3. The first-order valence-electron chi connectivity index (χ1n) is 8.10. The second-order valence-corrected chi connectivity index (χ2v) is 5.82. The summed E-state index contributed by atoms with van der Waals surface area (Å²) in [6.07, 6.45) is 9.80. The van der Waals surface area contributed by atoms with Crippen molar-refractivity contribution in [2.75, 3.05) is 0 Å². The summed E-state index contributed by atoms with van der Waals surface area (Å²) in [4.78, 5) is 11.1. The number of hydrogen-bond acceptors (Lipinski definition) is 2. The highest BCUT2D eigenvalue weighted by atomic mass is 16.4. The van der Waals surface area contributed by atoms with E-state index in [2.05, 4.69) is 0 Å². The minimum Gasteiger partial charge on any atom is -0.478 e. The zero-order valence-electron chi connectivity index (χ0n) is 13.1. The fourth-order valence-electron chi connectivity index (χ4n) is 2.59. The van der Waals surface area contributed by atoms with E-state index in [1.807, 2.05) is 19.1 Å². The molecule has 0 saturated carbocycles. The van der Waals surface area contributed by atoms with E-state index in [1.165, 1.54) is 25.7 Å². The molecule has 21 heavy (non-hydrogen) atoms. The molecule has 0 spiro atoms. The summed E-state index contributed by atoms with van der Waals surface area (Å²) in [5, 5.41) is 18.3. The van der Waals surface area contributed by atoms with Crippen molar-refractivity contribution in [2.45, 2.75) is 70.8 Å². The Morgan fingerprint density at radius 3 is 2.19 bits per heavy atom. The lowest BCUT2D eigenvalue weighted by Gasteiger charge is -2.06. The molecule has 0 aliphatic carbocycles. The molecular weight excluding hydrogens is 264 g/mol. The van der Waals surface area contributed by atoms with Gasteiger partial charge in [-0.15, -0.1) is 0 Å². The molecule has 0 amide bonds. The molecule has 1 aromatic carbocycles. The molecule has 0 unspecified atom stereocenters. The second kappa shape index (κ2) is 10.4. The molecule has 0 aliphatic rings. The number of carbonyl (C=O) groups is 1. The van der Waals surface area contributed by atoms with Crippen molar-refractivity contribution in [3.05, 3.63) is 35.4 Å². The summed E-state index contributed by atoms with van der Waals surface area (Å²) in [5.74, 6) is -0.830. The minimum absolute atomic E-state index is 0.167. The standard InChI is InChI=1S/C18H28O3/c1-15(19)11-7-5-3-2-4-6-8-12-16-13-9-10-14-17(16)18(20)21/h9-10,13-15,19H,2-8,11-12H2,1H3,(H,20,21)/t15-/m0/s1. The van der Waals surface area contributed by atoms with Crippen molar-refractivity contribution in [3.8, 4) is 0 Å². The summed E-state index contributed by atoms with van der Waals surface area (Å²) in [5.41, 5.74) is 1.39. The molecule has 0 radical (unpaired) electrons. The van der Waals surface area contributed by atoms with E-state index in [-0.39, 0.29) is 6.10 Å². The first-order chi connectivity index (χ1) is 10.1. The molecule has 0 saturated heterocycles. The lowest BCUT2D eigenvalue weighted by Crippen LogP contribution is -2.02. The Kier molecular flexibility index (Phi) is 8.76. The van der Waals surface area contributed by atoms with Crippen molar-refractivity contribution >= 4 is 5.97 Å². The number of aliphatic hydroxyl groups is 1. The Hall–Kier alpha value is -1.35. The van der Waals surface area contributed by atoms with Crippen LogP contribution in [0, 0.1) is 0 Å². The molecule has 1 rings (SSSR count). The van der Waals surface area contributed by atoms with Crippen molar-refractivity contribution in [2.24, 2.45) is 0 Å². The van der Waals surface area contributed by atoms with Crippen LogP contribution in [-0.4, -0.2) is 22.3 Å². The van der Waals surface area contributed by atoms with Crippen LogP contribution < -0.4 is 0 Å². The highest BCUT2D eigenvalue weighted by Crippen LogP contribution is 2.15. The first kappa shape index (κ1) is 17.7. The van der Waals surface area contributed by atoms with Gasteiger partial charge >= 0.3 is 5.97 Å². The lowest BCUT2D eigenvalue weighted by molar-refractivity contribution is 0.0695. The van der Waals surface area contributed by atoms with Crippen LogP contribution in [0.25, 0.3) is 0 Å². The average Bonchev–Trinajstić information content (AvgIpc) is 2.45. The van der Waals surface area contributed by atoms with E-state index in [4.69, 9.17) is 10.2 Å². The molecule has 118 valence electrons. The summed E-state index contributed by atoms with van der Waals surface area (Å²) in [7, 11) is 0. The van der Waals surface area contributed by atoms with Crippen LogP contribution in [0.3, 0.4) is 0 Å². The maximum atomic E-state index is 11.1. The van der Waals surface area contributed by atoms with E-state index in [0.29, 0.717) is 5.56 Å². The van der Waals surface area contributed by atoms with Gasteiger partial charge in [0, 0.05) is 0 Å². The fourth-order valence-corrected chi connectivity index (χ4v) is 2.59. The van der Waals surface area contributed by atoms with Gasteiger partial charge in [0.2, 0.25) is 0 Å². The summed E-state index contributed by atoms with van der Waals surface area (Å²) >= 11 is 0. The molecule has 0 heterocycles. The second-order valence-electron chi connectivity index (χ2n) is 5.82. The predicted octanol–water partition coefficient (Wildman–Crippen LogP) is 4.43. The molecule has 3 heteroatoms. The summed E-state index contributed by atoms with van der Waals surface area (Å²) < 4.78 is 0. The highest BCUT2D eigenvalue weighted by molar-refractivity contribution is 5.89. The third-order valence-corrected chi connectivity index (χ3v) is 3.82. The van der Waals surface area contributed by atoms with E-state index in [0.717, 1.165) is 37.7 Å². The topological polar surface area (TPSA) is 57.5 Å². The number of aliphatic hydroxyl groups excluding tert-OH is 1. The fraction of sp³-hybridized carbons (Fsp3) is 0.611. The van der Waals surface area contributed by atoms with Gasteiger partial charge in [0.1, 0.15) is 0 Å². The third-order valence-electron chi connectivity index (χ3n) is 3.82. The molecule has 0 bridgehead atoms. The Bertz CT molecular complexity index is 413. The van der Waals surface area contributed by atoms with Gasteiger partial charge in [-0.2, -0.15) is 0 Å². The van der Waals surface area contributed by atoms with Crippen molar-refractivity contribution in [1.82, 2.24) is 0 Å². The van der Waals surface area contributed by atoms with Gasteiger partial charge in [-0.3, -0.25) is 0 Å². The molecule has 0 aromatic heterocycles. The Morgan fingerprint density at radius 1 is 1.00 bits per heavy atom. The number of hydrogen-bond donors (Lipinski definition) is 2. The quantitative estimate of drug-likeness (QED) is 0.593. The SMILES string of the molecule is C[C@H](O)CCCCCCCCCc1ccccc1C(=O)O. The predicted molar refractivity (Wildman–Crippen MR) is 85.7 cm³/mol. The number of unbranched alkanes of at least 4 members (excludes halogenated alkanes) is 6. The number of rotatable bonds is 11. The monoisotopic (exact) mass is 292 g/mol. The first-order valence-corrected chi connectivity index (χ1v) is 8.10. The molecule has 1 atom stereocenters. The zero-order valence-corrected chi connectivity index (χ0v) is 13.1. The van der Waals surface area contributed by atoms with Crippen LogP contribution in [0.5, 0.6) is 0 Å². The molecule has 0 aliphatic heterocycles. The molecule has 0 fully saturated rings. The van der Waals surface area contributed by atoms with Gasteiger partial charge in [0.25, 0.3) is 0 Å². The van der Waals surface area contributed by atoms with Gasteiger partial charge in [0.05, 0.1) is 11.7 Å². The zero-order chi connectivity index (χ0) is 15.5. The maximum Gasteiger partial charge on any atom is 0.335 e. The highest BCUT2D eigenvalue weighted by Gasteiger charge is 2.07. The summed E-state index contributed by atoms with van der Waals surface area (Å²) in [6.45, 7) is 1.84. The van der Waals surface area contributed by atoms with Crippen LogP contribution >= 0.6 is 0 Å². The molecular formula is C18H28O3. The number of aryl methyl sites for hydroxylation is 1.